The Hall–Kier alpha value is -3.87. The van der Waals surface area contributed by atoms with E-state index in [9.17, 15) is 20.2 Å². The number of carbonyl (C=O) groups is 1. The topological polar surface area (TPSA) is 114 Å². The smallest absolute Gasteiger partial charge is 0.269 e. The number of non-ortho nitro benzene ring substituents is 1. The van der Waals surface area contributed by atoms with E-state index in [1.807, 2.05) is 6.07 Å². The Balaban J connectivity index is 1.81. The summed E-state index contributed by atoms with van der Waals surface area (Å²) in [7, 11) is 1.42. The van der Waals surface area contributed by atoms with E-state index in [4.69, 9.17) is 21.1 Å². The van der Waals surface area contributed by atoms with Crippen LogP contribution < -0.4 is 14.8 Å². The molecule has 0 spiro atoms. The van der Waals surface area contributed by atoms with Gasteiger partial charge in [0, 0.05) is 22.3 Å². The molecular weight excluding hydrogens is 526 g/mol. The Kier molecular flexibility index (Phi) is 8.24. The Morgan fingerprint density at radius 2 is 1.97 bits per heavy atom. The highest BCUT2D eigenvalue weighted by molar-refractivity contribution is 9.10. The van der Waals surface area contributed by atoms with Crippen molar-refractivity contribution in [3.63, 3.8) is 0 Å². The van der Waals surface area contributed by atoms with E-state index in [-0.39, 0.29) is 34.4 Å². The zero-order valence-electron chi connectivity index (χ0n) is 17.7. The maximum Gasteiger partial charge on any atom is 0.269 e. The van der Waals surface area contributed by atoms with Crippen molar-refractivity contribution < 1.29 is 19.2 Å². The zero-order chi connectivity index (χ0) is 24.7. The van der Waals surface area contributed by atoms with Crippen LogP contribution in [-0.2, 0) is 11.4 Å². The summed E-state index contributed by atoms with van der Waals surface area (Å²) >= 11 is 9.70. The predicted octanol–water partition coefficient (Wildman–Crippen LogP) is 6.14. The lowest BCUT2D eigenvalue weighted by molar-refractivity contribution is -0.384. The van der Waals surface area contributed by atoms with Gasteiger partial charge >= 0.3 is 0 Å². The van der Waals surface area contributed by atoms with Gasteiger partial charge in [0.2, 0.25) is 0 Å². The standard InChI is InChI=1S/C24H17BrClN3O5/c1-33-22-12-16(9-17(13-27)24(30)28-19-7-5-18(25)6-8-19)11-21(26)23(22)34-14-15-3-2-4-20(10-15)29(31)32/h2-12H,14H2,1H3,(H,28,30)/b17-9-. The number of carbonyl (C=O) groups excluding carboxylic acids is 1. The van der Waals surface area contributed by atoms with Crippen molar-refractivity contribution in [2.24, 2.45) is 0 Å². The minimum atomic E-state index is -0.578. The second kappa shape index (κ2) is 11.3. The molecule has 34 heavy (non-hydrogen) atoms. The summed E-state index contributed by atoms with van der Waals surface area (Å²) in [6.45, 7) is 0.0198. The van der Waals surface area contributed by atoms with Gasteiger partial charge in [-0.2, -0.15) is 5.26 Å². The molecule has 10 heteroatoms. The lowest BCUT2D eigenvalue weighted by atomic mass is 10.1. The number of anilines is 1. The molecule has 172 valence electrons. The first kappa shape index (κ1) is 24.8. The van der Waals surface area contributed by atoms with Crippen LogP contribution in [0.5, 0.6) is 11.5 Å². The van der Waals surface area contributed by atoms with Crippen molar-refractivity contribution in [3.05, 3.63) is 97.0 Å². The van der Waals surface area contributed by atoms with Gasteiger partial charge in [0.15, 0.2) is 11.5 Å². The molecule has 1 amide bonds. The summed E-state index contributed by atoms with van der Waals surface area (Å²) in [5.74, 6) is -0.0775. The Morgan fingerprint density at radius 3 is 2.62 bits per heavy atom. The van der Waals surface area contributed by atoms with Gasteiger partial charge in [0.05, 0.1) is 17.1 Å². The van der Waals surface area contributed by atoms with Gasteiger partial charge in [-0.1, -0.05) is 39.7 Å². The molecule has 0 aliphatic heterocycles. The number of nitro groups is 1. The largest absolute Gasteiger partial charge is 0.493 e. The first-order chi connectivity index (χ1) is 16.3. The molecule has 0 bridgehead atoms. The normalized spacial score (nSPS) is 10.8. The molecule has 0 saturated carbocycles. The molecule has 0 heterocycles. The van der Waals surface area contributed by atoms with E-state index in [2.05, 4.69) is 21.2 Å². The number of nitrogens with one attached hydrogen (secondary N) is 1. The number of ether oxygens (including phenoxy) is 2. The number of rotatable bonds is 8. The van der Waals surface area contributed by atoms with Gasteiger partial charge < -0.3 is 14.8 Å². The van der Waals surface area contributed by atoms with E-state index in [1.165, 1.54) is 31.4 Å². The second-order valence-electron chi connectivity index (χ2n) is 6.88. The van der Waals surface area contributed by atoms with Gasteiger partial charge in [-0.05, 0) is 53.6 Å². The number of amides is 1. The fourth-order valence-electron chi connectivity index (χ4n) is 2.93. The number of nitrogens with zero attached hydrogens (tertiary/aromatic N) is 2. The zero-order valence-corrected chi connectivity index (χ0v) is 20.1. The number of nitro benzene ring substituents is 1. The number of hydrogen-bond acceptors (Lipinski definition) is 6. The van der Waals surface area contributed by atoms with Crippen molar-refractivity contribution in [1.29, 1.82) is 5.26 Å². The van der Waals surface area contributed by atoms with E-state index >= 15 is 0 Å². The van der Waals surface area contributed by atoms with Gasteiger partial charge in [-0.15, -0.1) is 0 Å². The minimum Gasteiger partial charge on any atom is -0.493 e. The minimum absolute atomic E-state index is 0.0198. The van der Waals surface area contributed by atoms with Gasteiger partial charge in [-0.3, -0.25) is 14.9 Å². The molecule has 0 atom stereocenters. The molecule has 3 aromatic carbocycles. The molecule has 0 saturated heterocycles. The summed E-state index contributed by atoms with van der Waals surface area (Å²) in [6.07, 6.45) is 1.38. The Bertz CT molecular complexity index is 1300. The average molecular weight is 543 g/mol. The van der Waals surface area contributed by atoms with Crippen LogP contribution in [0.25, 0.3) is 6.08 Å². The molecule has 0 aliphatic carbocycles. The molecular formula is C24H17BrClN3O5. The van der Waals surface area contributed by atoms with Crippen LogP contribution in [0, 0.1) is 21.4 Å². The van der Waals surface area contributed by atoms with Crippen LogP contribution in [0.15, 0.2) is 70.7 Å². The summed E-state index contributed by atoms with van der Waals surface area (Å²) in [6, 6.07) is 17.9. The van der Waals surface area contributed by atoms with Crippen molar-refractivity contribution in [2.45, 2.75) is 6.61 Å². The third-order valence-electron chi connectivity index (χ3n) is 4.53. The summed E-state index contributed by atoms with van der Waals surface area (Å²) in [5, 5.41) is 23.3. The van der Waals surface area contributed by atoms with Gasteiger partial charge in [0.1, 0.15) is 18.2 Å². The Labute approximate surface area is 208 Å². The average Bonchev–Trinajstić information content (AvgIpc) is 2.83. The molecule has 0 aromatic heterocycles. The van der Waals surface area contributed by atoms with Crippen LogP contribution in [0.1, 0.15) is 11.1 Å². The maximum absolute atomic E-state index is 12.5. The fraction of sp³-hybridized carbons (Fsp3) is 0.0833. The van der Waals surface area contributed by atoms with E-state index in [0.717, 1.165) is 4.47 Å². The SMILES string of the molecule is COc1cc(/C=C(/C#N)C(=O)Nc2ccc(Br)cc2)cc(Cl)c1OCc1cccc([N+](=O)[O-])c1. The van der Waals surface area contributed by atoms with Crippen LogP contribution in [0.3, 0.4) is 0 Å². The monoisotopic (exact) mass is 541 g/mol. The quantitative estimate of drug-likeness (QED) is 0.158. The lowest BCUT2D eigenvalue weighted by Gasteiger charge is -2.13. The predicted molar refractivity (Wildman–Crippen MR) is 132 cm³/mol. The third-order valence-corrected chi connectivity index (χ3v) is 5.34. The maximum atomic E-state index is 12.5. The summed E-state index contributed by atoms with van der Waals surface area (Å²) in [4.78, 5) is 23.0. The summed E-state index contributed by atoms with van der Waals surface area (Å²) in [5.41, 5.74) is 1.38. The molecule has 0 aliphatic rings. The number of methoxy groups -OCH3 is 1. The molecule has 1 N–H and O–H groups in total. The van der Waals surface area contributed by atoms with Crippen LogP contribution in [0.2, 0.25) is 5.02 Å². The van der Waals surface area contributed by atoms with E-state index < -0.39 is 10.8 Å². The summed E-state index contributed by atoms with van der Waals surface area (Å²) < 4.78 is 12.0. The molecule has 3 aromatic rings. The number of hydrogen-bond donors (Lipinski definition) is 1. The highest BCUT2D eigenvalue weighted by Crippen LogP contribution is 2.37. The molecule has 3 rings (SSSR count). The van der Waals surface area contributed by atoms with E-state index in [0.29, 0.717) is 16.8 Å². The fourth-order valence-corrected chi connectivity index (χ4v) is 3.46. The molecule has 0 radical (unpaired) electrons. The first-order valence-corrected chi connectivity index (χ1v) is 10.9. The second-order valence-corrected chi connectivity index (χ2v) is 8.20. The van der Waals surface area contributed by atoms with Crippen LogP contribution >= 0.6 is 27.5 Å². The van der Waals surface area contributed by atoms with Crippen LogP contribution in [-0.4, -0.2) is 17.9 Å². The highest BCUT2D eigenvalue weighted by Gasteiger charge is 2.15. The van der Waals surface area contributed by atoms with Crippen LogP contribution in [0.4, 0.5) is 11.4 Å². The number of halogens is 2. The number of benzene rings is 3. The molecule has 0 fully saturated rings. The molecule has 8 nitrogen and oxygen atoms in total. The lowest BCUT2D eigenvalue weighted by Crippen LogP contribution is -2.13. The Morgan fingerprint density at radius 1 is 1.24 bits per heavy atom. The molecule has 0 unspecified atom stereocenters. The van der Waals surface area contributed by atoms with Gasteiger partial charge in [0.25, 0.3) is 11.6 Å². The van der Waals surface area contributed by atoms with Crippen molar-refractivity contribution in [3.8, 4) is 17.6 Å². The van der Waals surface area contributed by atoms with Crippen molar-refractivity contribution in [1.82, 2.24) is 0 Å². The van der Waals surface area contributed by atoms with E-state index in [1.54, 1.807) is 42.5 Å². The van der Waals surface area contributed by atoms with Gasteiger partial charge in [-0.25, -0.2) is 0 Å². The van der Waals surface area contributed by atoms with Crippen molar-refractivity contribution >= 4 is 50.9 Å². The third kappa shape index (κ3) is 6.34. The highest BCUT2D eigenvalue weighted by atomic mass is 79.9. The first-order valence-electron chi connectivity index (χ1n) is 9.73. The van der Waals surface area contributed by atoms with Crippen molar-refractivity contribution in [2.75, 3.05) is 12.4 Å². The number of nitriles is 1.